The van der Waals surface area contributed by atoms with Gasteiger partial charge >= 0.3 is 0 Å². The molecule has 0 saturated heterocycles. The van der Waals surface area contributed by atoms with E-state index < -0.39 is 6.04 Å². The van der Waals surface area contributed by atoms with Crippen molar-refractivity contribution in [2.24, 2.45) is 0 Å². The Morgan fingerprint density at radius 1 is 1.20 bits per heavy atom. The van der Waals surface area contributed by atoms with E-state index in [1.807, 2.05) is 25.1 Å². The van der Waals surface area contributed by atoms with E-state index in [9.17, 15) is 14.4 Å². The Kier molecular flexibility index (Phi) is 3.16. The fourth-order valence-electron chi connectivity index (χ4n) is 3.20. The Morgan fingerprint density at radius 2 is 2.00 bits per heavy atom. The van der Waals surface area contributed by atoms with Crippen LogP contribution in [0.2, 0.25) is 0 Å². The molecule has 1 aromatic rings. The number of Topliss-reactive ketones (excluding diaryl/α,β-unsaturated/α-hetero) is 2. The van der Waals surface area contributed by atoms with Crippen molar-refractivity contribution in [3.05, 3.63) is 34.9 Å². The quantitative estimate of drug-likeness (QED) is 0.580. The zero-order valence-corrected chi connectivity index (χ0v) is 11.5. The van der Waals surface area contributed by atoms with Crippen molar-refractivity contribution >= 4 is 17.5 Å². The molecule has 1 aromatic carbocycles. The van der Waals surface area contributed by atoms with Gasteiger partial charge < -0.3 is 4.90 Å². The van der Waals surface area contributed by atoms with Crippen LogP contribution in [0, 0.1) is 6.92 Å². The molecule has 1 atom stereocenters. The number of nitrogens with zero attached hydrogens (tertiary/aromatic N) is 1. The molecule has 1 aliphatic carbocycles. The third kappa shape index (κ3) is 2.05. The molecule has 3 rings (SSSR count). The summed E-state index contributed by atoms with van der Waals surface area (Å²) in [5.41, 5.74) is 2.67. The number of amides is 1. The number of carbonyl (C=O) groups excluding carboxylic acids is 3. The van der Waals surface area contributed by atoms with Crippen molar-refractivity contribution in [2.75, 3.05) is 0 Å². The van der Waals surface area contributed by atoms with Gasteiger partial charge in [0.15, 0.2) is 5.78 Å². The van der Waals surface area contributed by atoms with E-state index in [0.717, 1.165) is 16.7 Å². The second kappa shape index (κ2) is 4.85. The smallest absolute Gasteiger partial charge is 0.255 e. The van der Waals surface area contributed by atoms with Gasteiger partial charge in [-0.2, -0.15) is 0 Å². The van der Waals surface area contributed by atoms with Gasteiger partial charge in [-0.15, -0.1) is 0 Å². The predicted octanol–water partition coefficient (Wildman–Crippen LogP) is 2.03. The van der Waals surface area contributed by atoms with Gasteiger partial charge in [0, 0.05) is 18.5 Å². The third-order valence-corrected chi connectivity index (χ3v) is 4.23. The monoisotopic (exact) mass is 271 g/mol. The van der Waals surface area contributed by atoms with E-state index in [-0.39, 0.29) is 23.9 Å². The van der Waals surface area contributed by atoms with Gasteiger partial charge in [-0.25, -0.2) is 0 Å². The molecule has 20 heavy (non-hydrogen) atoms. The van der Waals surface area contributed by atoms with Crippen molar-refractivity contribution in [2.45, 2.75) is 45.2 Å². The maximum absolute atomic E-state index is 12.5. The van der Waals surface area contributed by atoms with Crippen LogP contribution in [0.3, 0.4) is 0 Å². The van der Waals surface area contributed by atoms with Crippen LogP contribution in [-0.2, 0) is 16.1 Å². The number of fused-ring (bicyclic) bond motifs is 1. The highest BCUT2D eigenvalue weighted by molar-refractivity contribution is 6.06. The molecular weight excluding hydrogens is 254 g/mol. The van der Waals surface area contributed by atoms with Crippen LogP contribution in [0.1, 0.15) is 47.2 Å². The predicted molar refractivity (Wildman–Crippen MR) is 73.3 cm³/mol. The van der Waals surface area contributed by atoms with E-state index in [1.165, 1.54) is 0 Å². The van der Waals surface area contributed by atoms with Crippen molar-refractivity contribution in [1.82, 2.24) is 4.90 Å². The van der Waals surface area contributed by atoms with Crippen LogP contribution in [0.25, 0.3) is 0 Å². The minimum absolute atomic E-state index is 0.00200. The fourth-order valence-corrected chi connectivity index (χ4v) is 3.20. The first kappa shape index (κ1) is 13.0. The summed E-state index contributed by atoms with van der Waals surface area (Å²) < 4.78 is 0. The lowest BCUT2D eigenvalue weighted by Gasteiger charge is -2.25. The second-order valence-corrected chi connectivity index (χ2v) is 5.63. The van der Waals surface area contributed by atoms with Gasteiger partial charge in [0.05, 0.1) is 12.5 Å². The van der Waals surface area contributed by atoms with Gasteiger partial charge in [-0.05, 0) is 30.9 Å². The molecule has 0 unspecified atom stereocenters. The maximum atomic E-state index is 12.5. The van der Waals surface area contributed by atoms with Crippen molar-refractivity contribution in [1.29, 1.82) is 0 Å². The Balaban J connectivity index is 1.90. The molecule has 104 valence electrons. The highest BCUT2D eigenvalue weighted by atomic mass is 16.2. The lowest BCUT2D eigenvalue weighted by molar-refractivity contribution is -0.128. The van der Waals surface area contributed by atoms with E-state index >= 15 is 0 Å². The average molecular weight is 271 g/mol. The number of hydrogen-bond donors (Lipinski definition) is 0. The number of ketones is 2. The molecule has 0 N–H and O–H groups in total. The average Bonchev–Trinajstić information content (AvgIpc) is 2.63. The Labute approximate surface area is 117 Å². The zero-order chi connectivity index (χ0) is 14.3. The number of aryl methyl sites for hydroxylation is 1. The summed E-state index contributed by atoms with van der Waals surface area (Å²) in [6.07, 6.45) is 1.72. The lowest BCUT2D eigenvalue weighted by atomic mass is 10.0. The molecule has 0 radical (unpaired) electrons. The Hall–Kier alpha value is -1.97. The van der Waals surface area contributed by atoms with Crippen LogP contribution in [0.4, 0.5) is 0 Å². The summed E-state index contributed by atoms with van der Waals surface area (Å²) in [4.78, 5) is 37.9. The van der Waals surface area contributed by atoms with Gasteiger partial charge in [-0.3, -0.25) is 14.4 Å². The summed E-state index contributed by atoms with van der Waals surface area (Å²) >= 11 is 0. The van der Waals surface area contributed by atoms with Crippen LogP contribution in [-0.4, -0.2) is 28.4 Å². The number of hydrogen-bond acceptors (Lipinski definition) is 3. The molecule has 1 amide bonds. The molecule has 1 fully saturated rings. The topological polar surface area (TPSA) is 54.5 Å². The minimum Gasteiger partial charge on any atom is -0.324 e. The number of rotatable bonds is 1. The molecule has 0 spiro atoms. The Morgan fingerprint density at radius 3 is 2.75 bits per heavy atom. The summed E-state index contributed by atoms with van der Waals surface area (Å²) in [6, 6.07) is 5.36. The minimum atomic E-state index is -0.430. The first-order valence-corrected chi connectivity index (χ1v) is 7.02. The van der Waals surface area contributed by atoms with Gasteiger partial charge in [0.2, 0.25) is 0 Å². The lowest BCUT2D eigenvalue weighted by Crippen LogP contribution is -2.41. The number of carbonyl (C=O) groups is 3. The first-order chi connectivity index (χ1) is 9.58. The molecule has 2 aliphatic rings. The summed E-state index contributed by atoms with van der Waals surface area (Å²) in [7, 11) is 0. The molecule has 0 bridgehead atoms. The molecule has 4 nitrogen and oxygen atoms in total. The summed E-state index contributed by atoms with van der Waals surface area (Å²) in [6.45, 7) is 2.40. The molecule has 4 heteroatoms. The van der Waals surface area contributed by atoms with Crippen LogP contribution in [0.5, 0.6) is 0 Å². The van der Waals surface area contributed by atoms with E-state index in [2.05, 4.69) is 0 Å². The van der Waals surface area contributed by atoms with E-state index in [4.69, 9.17) is 0 Å². The SMILES string of the molecule is Cc1cccc2c1C(=O)N([C@H]1CCCC(=O)CC1=O)C2. The zero-order valence-electron chi connectivity index (χ0n) is 11.5. The second-order valence-electron chi connectivity index (χ2n) is 5.63. The molecule has 1 saturated carbocycles. The van der Waals surface area contributed by atoms with E-state index in [1.54, 1.807) is 4.90 Å². The van der Waals surface area contributed by atoms with Crippen molar-refractivity contribution in [3.63, 3.8) is 0 Å². The molecular formula is C16H17NO3. The molecule has 1 heterocycles. The van der Waals surface area contributed by atoms with Crippen LogP contribution < -0.4 is 0 Å². The standard InChI is InChI=1S/C16H17NO3/c1-10-4-2-5-11-9-17(16(20)15(10)11)13-7-3-6-12(18)8-14(13)19/h2,4-5,13H,3,6-9H2,1H3/t13-/m0/s1. The van der Waals surface area contributed by atoms with Gasteiger partial charge in [0.25, 0.3) is 5.91 Å². The highest BCUT2D eigenvalue weighted by Gasteiger charge is 2.38. The molecule has 0 aromatic heterocycles. The van der Waals surface area contributed by atoms with Crippen LogP contribution in [0.15, 0.2) is 18.2 Å². The molecule has 1 aliphatic heterocycles. The number of benzene rings is 1. The van der Waals surface area contributed by atoms with Crippen molar-refractivity contribution < 1.29 is 14.4 Å². The van der Waals surface area contributed by atoms with Gasteiger partial charge in [-0.1, -0.05) is 18.2 Å². The van der Waals surface area contributed by atoms with Gasteiger partial charge in [0.1, 0.15) is 5.78 Å². The third-order valence-electron chi connectivity index (χ3n) is 4.23. The first-order valence-electron chi connectivity index (χ1n) is 7.02. The maximum Gasteiger partial charge on any atom is 0.255 e. The highest BCUT2D eigenvalue weighted by Crippen LogP contribution is 2.30. The summed E-state index contributed by atoms with van der Waals surface area (Å²) in [5, 5.41) is 0. The van der Waals surface area contributed by atoms with E-state index in [0.29, 0.717) is 25.8 Å². The van der Waals surface area contributed by atoms with Crippen molar-refractivity contribution in [3.8, 4) is 0 Å². The Bertz CT molecular complexity index is 606. The summed E-state index contributed by atoms with van der Waals surface area (Å²) in [5.74, 6) is -0.171. The largest absolute Gasteiger partial charge is 0.324 e. The normalized spacial score (nSPS) is 22.9. The fraction of sp³-hybridized carbons (Fsp3) is 0.438. The van der Waals surface area contributed by atoms with Crippen LogP contribution >= 0.6 is 0 Å².